The van der Waals surface area contributed by atoms with Crippen LogP contribution < -0.4 is 14.5 Å². The molecule has 7 nitrogen and oxygen atoms in total. The van der Waals surface area contributed by atoms with Gasteiger partial charge in [0.25, 0.3) is 5.91 Å². The number of nitrogens with one attached hydrogen (secondary N) is 1. The zero-order chi connectivity index (χ0) is 13.5. The van der Waals surface area contributed by atoms with Crippen molar-refractivity contribution in [3.8, 4) is 5.75 Å². The Morgan fingerprint density at radius 2 is 2.25 bits per heavy atom. The lowest BCUT2D eigenvalue weighted by atomic mass is 10.1. The highest BCUT2D eigenvalue weighted by molar-refractivity contribution is 6.06. The Labute approximate surface area is 115 Å². The van der Waals surface area contributed by atoms with Crippen LogP contribution in [0.25, 0.3) is 0 Å². The molecule has 0 unspecified atom stereocenters. The minimum atomic E-state index is -0.166. The van der Waals surface area contributed by atoms with E-state index in [0.717, 1.165) is 30.2 Å². The molecule has 0 bridgehead atoms. The third kappa shape index (κ3) is 1.56. The summed E-state index contributed by atoms with van der Waals surface area (Å²) in [6.45, 7) is 2.98. The third-order valence-electron chi connectivity index (χ3n) is 3.66. The zero-order valence-corrected chi connectivity index (χ0v) is 10.7. The summed E-state index contributed by atoms with van der Waals surface area (Å²) in [6.07, 6.45) is 1.34. The molecule has 0 atom stereocenters. The van der Waals surface area contributed by atoms with E-state index in [4.69, 9.17) is 4.74 Å². The fourth-order valence-electron chi connectivity index (χ4n) is 2.75. The fraction of sp³-hybridized carbons (Fsp3) is 0.308. The molecule has 20 heavy (non-hydrogen) atoms. The lowest BCUT2D eigenvalue weighted by Crippen LogP contribution is -2.47. The number of carbonyl (C=O) groups is 1. The molecule has 0 saturated carbocycles. The normalized spacial score (nSPS) is 16.6. The number of hydrogen-bond donors (Lipinski definition) is 1. The van der Waals surface area contributed by atoms with Crippen LogP contribution in [0, 0.1) is 0 Å². The number of nitrogens with zero attached hydrogens (tertiary/aromatic N) is 4. The molecule has 0 fully saturated rings. The number of amides is 1. The Kier molecular flexibility index (Phi) is 2.38. The summed E-state index contributed by atoms with van der Waals surface area (Å²) in [5.41, 5.74) is 1.87. The number of aromatic nitrogens is 3. The van der Waals surface area contributed by atoms with Gasteiger partial charge in [-0.1, -0.05) is 6.07 Å². The van der Waals surface area contributed by atoms with Crippen molar-refractivity contribution in [1.82, 2.24) is 15.2 Å². The van der Waals surface area contributed by atoms with Crippen LogP contribution >= 0.6 is 0 Å². The van der Waals surface area contributed by atoms with E-state index in [-0.39, 0.29) is 11.7 Å². The van der Waals surface area contributed by atoms with Crippen LogP contribution in [0.5, 0.6) is 5.75 Å². The second-order valence-electron chi connectivity index (χ2n) is 4.75. The van der Waals surface area contributed by atoms with Crippen molar-refractivity contribution in [3.63, 3.8) is 0 Å². The number of benzene rings is 1. The Morgan fingerprint density at radius 3 is 3.10 bits per heavy atom. The first-order chi connectivity index (χ1) is 9.84. The minimum absolute atomic E-state index is 0.166. The molecule has 0 spiro atoms. The summed E-state index contributed by atoms with van der Waals surface area (Å²) < 4.78 is 5.67. The first-order valence-corrected chi connectivity index (χ1v) is 6.52. The maximum Gasteiger partial charge on any atom is 0.295 e. The van der Waals surface area contributed by atoms with E-state index in [1.165, 1.54) is 6.33 Å². The number of ether oxygens (including phenoxy) is 1. The van der Waals surface area contributed by atoms with Crippen LogP contribution in [0.1, 0.15) is 10.6 Å². The number of carbonyl (C=O) groups excluding carboxylic acids is 1. The predicted octanol–water partition coefficient (Wildman–Crippen LogP) is 0.664. The second-order valence-corrected chi connectivity index (χ2v) is 4.75. The molecule has 0 radical (unpaired) electrons. The summed E-state index contributed by atoms with van der Waals surface area (Å²) in [6, 6.07) is 5.78. The zero-order valence-electron chi connectivity index (χ0n) is 10.7. The number of anilines is 2. The maximum absolute atomic E-state index is 12.5. The SMILES string of the molecule is O=C(c1ncn[nH]1)N1CCN2CCOc3cccc1c32. The van der Waals surface area contributed by atoms with Gasteiger partial charge in [-0.3, -0.25) is 9.89 Å². The van der Waals surface area contributed by atoms with Gasteiger partial charge in [0.1, 0.15) is 24.4 Å². The molecule has 2 aliphatic rings. The number of rotatable bonds is 1. The van der Waals surface area contributed by atoms with E-state index in [9.17, 15) is 4.79 Å². The molecule has 0 aliphatic carbocycles. The summed E-state index contributed by atoms with van der Waals surface area (Å²) in [4.78, 5) is 20.4. The molecule has 102 valence electrons. The van der Waals surface area contributed by atoms with Crippen molar-refractivity contribution >= 4 is 17.3 Å². The molecular formula is C13H13N5O2. The van der Waals surface area contributed by atoms with E-state index in [1.54, 1.807) is 4.90 Å². The topological polar surface area (TPSA) is 74.4 Å². The van der Waals surface area contributed by atoms with Gasteiger partial charge in [-0.05, 0) is 12.1 Å². The van der Waals surface area contributed by atoms with Crippen molar-refractivity contribution < 1.29 is 9.53 Å². The quantitative estimate of drug-likeness (QED) is 0.825. The molecule has 0 saturated heterocycles. The molecule has 1 N–H and O–H groups in total. The molecule has 4 rings (SSSR count). The molecule has 3 heterocycles. The van der Waals surface area contributed by atoms with Crippen LogP contribution in [0.15, 0.2) is 24.5 Å². The first kappa shape index (κ1) is 11.3. The monoisotopic (exact) mass is 271 g/mol. The summed E-state index contributed by atoms with van der Waals surface area (Å²) >= 11 is 0. The molecule has 1 aromatic heterocycles. The third-order valence-corrected chi connectivity index (χ3v) is 3.66. The lowest BCUT2D eigenvalue weighted by Gasteiger charge is -2.40. The standard InChI is InChI=1S/C13H13N5O2/c19-13(12-14-8-15-16-12)18-5-4-17-6-7-20-10-3-1-2-9(18)11(10)17/h1-3,8H,4-7H2,(H,14,15,16). The van der Waals surface area contributed by atoms with E-state index in [2.05, 4.69) is 20.1 Å². The summed E-state index contributed by atoms with van der Waals surface area (Å²) in [7, 11) is 0. The Bertz CT molecular complexity index is 655. The maximum atomic E-state index is 12.5. The van der Waals surface area contributed by atoms with Gasteiger partial charge in [-0.25, -0.2) is 4.98 Å². The summed E-state index contributed by atoms with van der Waals surface area (Å²) in [5.74, 6) is 0.928. The Balaban J connectivity index is 1.79. The van der Waals surface area contributed by atoms with Crippen LogP contribution in [-0.2, 0) is 0 Å². The predicted molar refractivity (Wildman–Crippen MR) is 72.2 cm³/mol. The van der Waals surface area contributed by atoms with E-state index in [0.29, 0.717) is 13.2 Å². The number of para-hydroxylation sites is 1. The molecule has 7 heteroatoms. The fourth-order valence-corrected chi connectivity index (χ4v) is 2.75. The Hall–Kier alpha value is -2.57. The lowest BCUT2D eigenvalue weighted by molar-refractivity contribution is 0.0976. The number of hydrogen-bond acceptors (Lipinski definition) is 5. The average Bonchev–Trinajstić information content (AvgIpc) is 3.02. The highest BCUT2D eigenvalue weighted by atomic mass is 16.5. The van der Waals surface area contributed by atoms with Crippen molar-refractivity contribution in [2.45, 2.75) is 0 Å². The van der Waals surface area contributed by atoms with Gasteiger partial charge < -0.3 is 14.5 Å². The minimum Gasteiger partial charge on any atom is -0.489 e. The highest BCUT2D eigenvalue weighted by Gasteiger charge is 2.32. The van der Waals surface area contributed by atoms with Crippen molar-refractivity contribution in [2.24, 2.45) is 0 Å². The Morgan fingerprint density at radius 1 is 1.30 bits per heavy atom. The van der Waals surface area contributed by atoms with Gasteiger partial charge >= 0.3 is 0 Å². The highest BCUT2D eigenvalue weighted by Crippen LogP contribution is 2.42. The van der Waals surface area contributed by atoms with Gasteiger partial charge in [0.15, 0.2) is 0 Å². The molecule has 1 aromatic carbocycles. The molecular weight excluding hydrogens is 258 g/mol. The second kappa shape index (κ2) is 4.22. The average molecular weight is 271 g/mol. The van der Waals surface area contributed by atoms with Gasteiger partial charge in [0, 0.05) is 13.1 Å². The van der Waals surface area contributed by atoms with Crippen molar-refractivity contribution in [3.05, 3.63) is 30.4 Å². The molecule has 2 aromatic rings. The van der Waals surface area contributed by atoms with E-state index in [1.807, 2.05) is 18.2 Å². The van der Waals surface area contributed by atoms with Crippen molar-refractivity contribution in [2.75, 3.05) is 36.0 Å². The van der Waals surface area contributed by atoms with Crippen LogP contribution in [0.3, 0.4) is 0 Å². The first-order valence-electron chi connectivity index (χ1n) is 6.52. The number of H-pyrrole nitrogens is 1. The summed E-state index contributed by atoms with van der Waals surface area (Å²) in [5, 5.41) is 6.36. The van der Waals surface area contributed by atoms with E-state index < -0.39 is 0 Å². The van der Waals surface area contributed by atoms with Crippen molar-refractivity contribution in [1.29, 1.82) is 0 Å². The van der Waals surface area contributed by atoms with Gasteiger partial charge in [-0.2, -0.15) is 5.10 Å². The number of aromatic amines is 1. The van der Waals surface area contributed by atoms with Gasteiger partial charge in [0.2, 0.25) is 5.82 Å². The van der Waals surface area contributed by atoms with Gasteiger partial charge in [-0.15, -0.1) is 0 Å². The van der Waals surface area contributed by atoms with Crippen LogP contribution in [-0.4, -0.2) is 47.3 Å². The molecule has 2 aliphatic heterocycles. The van der Waals surface area contributed by atoms with Crippen LogP contribution in [0.4, 0.5) is 11.4 Å². The smallest absolute Gasteiger partial charge is 0.295 e. The molecule has 1 amide bonds. The van der Waals surface area contributed by atoms with E-state index >= 15 is 0 Å². The van der Waals surface area contributed by atoms with Crippen LogP contribution in [0.2, 0.25) is 0 Å². The van der Waals surface area contributed by atoms with Gasteiger partial charge in [0.05, 0.1) is 12.2 Å². The largest absolute Gasteiger partial charge is 0.489 e.